The molecule has 0 fully saturated rings. The molecule has 8 rings (SSSR count). The maximum Gasteiger partial charge on any atom is 0.195 e. The zero-order valence-electron chi connectivity index (χ0n) is 18.1. The number of rotatable bonds is 0. The van der Waals surface area contributed by atoms with E-state index < -0.39 is 0 Å². The predicted octanol–water partition coefficient (Wildman–Crippen LogP) is 9.52. The van der Waals surface area contributed by atoms with Gasteiger partial charge in [-0.05, 0) is 86.2 Å². The van der Waals surface area contributed by atoms with E-state index in [0.717, 1.165) is 52.9 Å². The summed E-state index contributed by atoms with van der Waals surface area (Å²) in [7, 11) is 0. The Hall–Kier alpha value is -2.95. The molecule has 0 aliphatic carbocycles. The summed E-state index contributed by atoms with van der Waals surface area (Å²) < 4.78 is 0.806. The van der Waals surface area contributed by atoms with Crippen LogP contribution in [0.1, 0.15) is 0 Å². The lowest BCUT2D eigenvalue weighted by Gasteiger charge is -2.19. The molecule has 170 valence electrons. The minimum Gasteiger partial charge on any atom is -0.289 e. The molecule has 0 bridgehead atoms. The molecule has 0 heterocycles. The zero-order valence-corrected chi connectivity index (χ0v) is 22.0. The molecule has 0 radical (unpaired) electrons. The van der Waals surface area contributed by atoms with Crippen LogP contribution in [0, 0.1) is 0 Å². The molecule has 0 amide bonds. The summed E-state index contributed by atoms with van der Waals surface area (Å²) in [6.45, 7) is 0. The molecule has 6 heteroatoms. The fourth-order valence-electron chi connectivity index (χ4n) is 6.14. The van der Waals surface area contributed by atoms with E-state index in [4.69, 9.17) is 34.8 Å². The van der Waals surface area contributed by atoms with Crippen molar-refractivity contribution in [3.8, 4) is 0 Å². The second kappa shape index (κ2) is 6.87. The van der Waals surface area contributed by atoms with Gasteiger partial charge >= 0.3 is 0 Å². The highest BCUT2D eigenvalue weighted by Gasteiger charge is 2.23. The molecule has 2 nitrogen and oxygen atoms in total. The van der Waals surface area contributed by atoms with Crippen LogP contribution in [0.15, 0.2) is 74.7 Å². The minimum atomic E-state index is -0.146. The second-order valence-electron chi connectivity index (χ2n) is 9.27. The van der Waals surface area contributed by atoms with Crippen molar-refractivity contribution in [3.05, 3.63) is 101 Å². The topological polar surface area (TPSA) is 34.1 Å². The monoisotopic (exact) mass is 586 g/mol. The van der Waals surface area contributed by atoms with Crippen LogP contribution in [0.25, 0.3) is 75.4 Å². The number of fused-ring (bicyclic) bond motifs is 4. The van der Waals surface area contributed by atoms with Crippen LogP contribution in [0.2, 0.25) is 15.1 Å². The van der Waals surface area contributed by atoms with Crippen molar-refractivity contribution in [2.24, 2.45) is 0 Å². The Labute approximate surface area is 225 Å². The number of benzene rings is 8. The van der Waals surface area contributed by atoms with Gasteiger partial charge in [-0.2, -0.15) is 0 Å². The Morgan fingerprint density at radius 2 is 0.972 bits per heavy atom. The van der Waals surface area contributed by atoms with E-state index in [0.29, 0.717) is 42.0 Å². The van der Waals surface area contributed by atoms with Crippen molar-refractivity contribution < 1.29 is 0 Å². The predicted molar refractivity (Wildman–Crippen MR) is 158 cm³/mol. The second-order valence-corrected chi connectivity index (χ2v) is 11.4. The molecule has 0 aromatic heterocycles. The Morgan fingerprint density at radius 1 is 0.444 bits per heavy atom. The fourth-order valence-corrected chi connectivity index (χ4v) is 7.54. The third-order valence-electron chi connectivity index (χ3n) is 7.53. The van der Waals surface area contributed by atoms with Crippen molar-refractivity contribution in [3.63, 3.8) is 0 Å². The number of hydrogen-bond donors (Lipinski definition) is 0. The average Bonchev–Trinajstić information content (AvgIpc) is 2.85. The molecule has 8 aromatic rings. The van der Waals surface area contributed by atoms with Crippen molar-refractivity contribution in [1.29, 1.82) is 0 Å². The molecular formula is C30H10BrCl3O2. The first-order valence-electron chi connectivity index (χ1n) is 11.2. The molecule has 0 atom stereocenters. The molecule has 0 aliphatic heterocycles. The summed E-state index contributed by atoms with van der Waals surface area (Å²) in [5, 5.41) is 12.3. The van der Waals surface area contributed by atoms with Gasteiger partial charge in [-0.3, -0.25) is 9.59 Å². The molecule has 0 unspecified atom stereocenters. The molecule has 0 N–H and O–H groups in total. The van der Waals surface area contributed by atoms with Crippen LogP contribution < -0.4 is 10.9 Å². The standard InChI is InChI=1S/C30H10BrCl3O2/c31-13-9-17-16-7-11-1-4-15-25-18(26-19(32)5-6-20(33)28(26)30(15)36)8-12-2-3-14(24(16)22(12)23(11)25)29(35)27(17)21(34)10-13/h1-10H. The maximum absolute atomic E-state index is 13.7. The highest BCUT2D eigenvalue weighted by Crippen LogP contribution is 2.47. The highest BCUT2D eigenvalue weighted by atomic mass is 79.9. The summed E-state index contributed by atoms with van der Waals surface area (Å²) in [5.41, 5.74) is -0.246. The highest BCUT2D eigenvalue weighted by molar-refractivity contribution is 9.10. The Balaban J connectivity index is 1.78. The van der Waals surface area contributed by atoms with Crippen LogP contribution >= 0.6 is 50.7 Å². The van der Waals surface area contributed by atoms with Gasteiger partial charge < -0.3 is 0 Å². The first-order valence-corrected chi connectivity index (χ1v) is 13.1. The third-order valence-corrected chi connectivity index (χ3v) is 8.91. The maximum atomic E-state index is 13.7. The summed E-state index contributed by atoms with van der Waals surface area (Å²) in [6.07, 6.45) is 0. The molecule has 0 spiro atoms. The van der Waals surface area contributed by atoms with Crippen LogP contribution in [0.5, 0.6) is 0 Å². The first kappa shape index (κ1) is 21.2. The van der Waals surface area contributed by atoms with Gasteiger partial charge in [-0.15, -0.1) is 0 Å². The summed E-state index contributed by atoms with van der Waals surface area (Å²) in [4.78, 5) is 27.3. The van der Waals surface area contributed by atoms with Crippen LogP contribution in [0.3, 0.4) is 0 Å². The summed E-state index contributed by atoms with van der Waals surface area (Å²) in [6, 6.07) is 18.9. The Bertz CT molecular complexity index is 2400. The Morgan fingerprint density at radius 3 is 1.64 bits per heavy atom. The normalized spacial score (nSPS) is 12.7. The number of halogens is 4. The van der Waals surface area contributed by atoms with Gasteiger partial charge in [0.1, 0.15) is 0 Å². The minimum absolute atomic E-state index is 0.100. The van der Waals surface area contributed by atoms with Gasteiger partial charge in [-0.1, -0.05) is 62.9 Å². The SMILES string of the molecule is O=c1c2ccc3cc4c5c(Cl)ccc(Cl)c5c(=O)c5ccc6cc(c7cc(Br)cc(Cl)c17)c2c3c6c54. The lowest BCUT2D eigenvalue weighted by Crippen LogP contribution is -2.07. The van der Waals surface area contributed by atoms with E-state index in [-0.39, 0.29) is 10.9 Å². The van der Waals surface area contributed by atoms with Gasteiger partial charge in [0.25, 0.3) is 0 Å². The average molecular weight is 589 g/mol. The van der Waals surface area contributed by atoms with Crippen molar-refractivity contribution in [2.45, 2.75) is 0 Å². The van der Waals surface area contributed by atoms with E-state index in [1.54, 1.807) is 18.2 Å². The van der Waals surface area contributed by atoms with Crippen LogP contribution in [0.4, 0.5) is 0 Å². The van der Waals surface area contributed by atoms with E-state index in [9.17, 15) is 9.59 Å². The lowest BCUT2D eigenvalue weighted by molar-refractivity contribution is 1.70. The van der Waals surface area contributed by atoms with Gasteiger partial charge in [0.2, 0.25) is 0 Å². The zero-order chi connectivity index (χ0) is 24.6. The van der Waals surface area contributed by atoms with Gasteiger partial charge in [0.05, 0.1) is 15.4 Å². The third kappa shape index (κ3) is 2.40. The van der Waals surface area contributed by atoms with Crippen LogP contribution in [-0.2, 0) is 0 Å². The summed E-state index contributed by atoms with van der Waals surface area (Å²) >= 11 is 23.3. The van der Waals surface area contributed by atoms with Gasteiger partial charge in [-0.25, -0.2) is 0 Å². The quantitative estimate of drug-likeness (QED) is 0.131. The van der Waals surface area contributed by atoms with E-state index >= 15 is 0 Å². The van der Waals surface area contributed by atoms with Crippen molar-refractivity contribution in [2.75, 3.05) is 0 Å². The first-order chi connectivity index (χ1) is 17.3. The molecule has 0 aliphatic rings. The summed E-state index contributed by atoms with van der Waals surface area (Å²) in [5.74, 6) is 0. The van der Waals surface area contributed by atoms with E-state index in [1.807, 2.05) is 30.3 Å². The molecule has 36 heavy (non-hydrogen) atoms. The van der Waals surface area contributed by atoms with Gasteiger partial charge in [0.15, 0.2) is 10.9 Å². The Kier molecular flexibility index (Phi) is 4.04. The number of hydrogen-bond acceptors (Lipinski definition) is 2. The van der Waals surface area contributed by atoms with E-state index in [1.165, 1.54) is 0 Å². The molecule has 8 aromatic carbocycles. The van der Waals surface area contributed by atoms with Crippen LogP contribution in [-0.4, -0.2) is 0 Å². The smallest absolute Gasteiger partial charge is 0.195 e. The molecule has 0 saturated carbocycles. The van der Waals surface area contributed by atoms with Gasteiger partial charge in [0, 0.05) is 41.8 Å². The van der Waals surface area contributed by atoms with Crippen molar-refractivity contribution >= 4 is 126 Å². The van der Waals surface area contributed by atoms with E-state index in [2.05, 4.69) is 28.1 Å². The molecule has 0 saturated heterocycles. The fraction of sp³-hybridized carbons (Fsp3) is 0. The largest absolute Gasteiger partial charge is 0.289 e. The molecular weight excluding hydrogens is 579 g/mol. The lowest BCUT2D eigenvalue weighted by atomic mass is 9.84. The van der Waals surface area contributed by atoms with Crippen molar-refractivity contribution in [1.82, 2.24) is 0 Å².